The van der Waals surface area contributed by atoms with Crippen LogP contribution in [0.1, 0.15) is 20.3 Å². The Morgan fingerprint density at radius 1 is 1.70 bits per heavy atom. The van der Waals surface area contributed by atoms with Crippen LogP contribution in [0.15, 0.2) is 0 Å². The van der Waals surface area contributed by atoms with Gasteiger partial charge in [0.05, 0.1) is 9.68 Å². The fourth-order valence-corrected chi connectivity index (χ4v) is 10.3. The summed E-state index contributed by atoms with van der Waals surface area (Å²) >= 11 is 0. The maximum Gasteiger partial charge on any atom is 0.101 e. The number of hydrogen-bond donors (Lipinski definition) is 0. The molecule has 0 aromatic rings. The Balaban J connectivity index is 2.38. The highest BCUT2D eigenvalue weighted by molar-refractivity contribution is 6.68. The zero-order valence-electron chi connectivity index (χ0n) is 7.43. The van der Waals surface area contributed by atoms with E-state index in [1.165, 1.54) is 6.42 Å². The topological polar surface area (TPSA) is 3.24 Å². The molecule has 1 fully saturated rings. The minimum Gasteiger partial charge on any atom is -0.350 e. The van der Waals surface area contributed by atoms with E-state index in [1.807, 2.05) is 0 Å². The Hall–Kier alpha value is 0.394. The Kier molecular flexibility index (Phi) is 3.13. The van der Waals surface area contributed by atoms with Crippen molar-refractivity contribution in [1.82, 2.24) is 4.23 Å². The van der Waals surface area contributed by atoms with Crippen LogP contribution in [0, 0.1) is 0 Å². The van der Waals surface area contributed by atoms with Crippen molar-refractivity contribution in [3.63, 3.8) is 0 Å². The number of rotatable bonds is 2. The highest BCUT2D eigenvalue weighted by Crippen LogP contribution is 2.17. The van der Waals surface area contributed by atoms with Gasteiger partial charge >= 0.3 is 0 Å². The minimum atomic E-state index is -0.345. The summed E-state index contributed by atoms with van der Waals surface area (Å²) in [6.07, 6.45) is 1.37. The third kappa shape index (κ3) is 1.71. The molecule has 3 heteroatoms. The zero-order valence-corrected chi connectivity index (χ0v) is 10.00. The van der Waals surface area contributed by atoms with Crippen LogP contribution < -0.4 is 0 Å². The Bertz CT molecular complexity index is 108. The molecule has 1 aliphatic rings. The van der Waals surface area contributed by atoms with Gasteiger partial charge in [-0.15, -0.1) is 0 Å². The predicted molar refractivity (Wildman–Crippen MR) is 52.8 cm³/mol. The van der Waals surface area contributed by atoms with Crippen molar-refractivity contribution in [3.8, 4) is 0 Å². The summed E-state index contributed by atoms with van der Waals surface area (Å²) in [5.41, 5.74) is 0. The van der Waals surface area contributed by atoms with Gasteiger partial charge in [-0.25, -0.2) is 0 Å². The summed E-state index contributed by atoms with van der Waals surface area (Å²) in [6.45, 7) is 7.24. The summed E-state index contributed by atoms with van der Waals surface area (Å²) < 4.78 is 2.90. The second-order valence-corrected chi connectivity index (χ2v) is 9.04. The highest BCUT2D eigenvalue weighted by atomic mass is 28.3. The second-order valence-electron chi connectivity index (χ2n) is 3.49. The van der Waals surface area contributed by atoms with Crippen molar-refractivity contribution in [1.29, 1.82) is 0 Å². The van der Waals surface area contributed by atoms with Crippen LogP contribution in [0.3, 0.4) is 0 Å². The summed E-state index contributed by atoms with van der Waals surface area (Å²) in [6, 6.07) is 4.14. The van der Waals surface area contributed by atoms with Crippen molar-refractivity contribution in [3.05, 3.63) is 0 Å². The molecule has 10 heavy (non-hydrogen) atoms. The molecule has 2 atom stereocenters. The molecule has 1 rings (SSSR count). The molecule has 0 radical (unpaired) electrons. The molecule has 2 unspecified atom stereocenters. The zero-order chi connectivity index (χ0) is 7.56. The van der Waals surface area contributed by atoms with Gasteiger partial charge in [-0.2, -0.15) is 0 Å². The summed E-state index contributed by atoms with van der Waals surface area (Å²) in [7, 11) is -0.0984. The second kappa shape index (κ2) is 3.69. The Labute approximate surface area is 68.4 Å². The van der Waals surface area contributed by atoms with E-state index >= 15 is 0 Å². The highest BCUT2D eigenvalue weighted by Gasteiger charge is 2.24. The molecule has 0 aromatic carbocycles. The van der Waals surface area contributed by atoms with Gasteiger partial charge in [-0.05, 0) is 18.5 Å². The normalized spacial score (nSPS) is 33.3. The fraction of sp³-hybridized carbons (Fsp3) is 1.00. The maximum atomic E-state index is 2.90. The first-order valence-electron chi connectivity index (χ1n) is 4.51. The van der Waals surface area contributed by atoms with E-state index in [0.717, 1.165) is 6.04 Å². The van der Waals surface area contributed by atoms with E-state index in [0.29, 0.717) is 0 Å². The molecule has 1 heterocycles. The molecular weight excluding hydrogens is 154 g/mol. The molecule has 1 aliphatic heterocycles. The first kappa shape index (κ1) is 8.49. The Morgan fingerprint density at radius 2 is 2.40 bits per heavy atom. The van der Waals surface area contributed by atoms with E-state index in [2.05, 4.69) is 24.6 Å². The predicted octanol–water partition coefficient (Wildman–Crippen LogP) is 0.956. The average Bonchev–Trinajstić information content (AvgIpc) is 2.34. The van der Waals surface area contributed by atoms with Crippen LogP contribution in [-0.4, -0.2) is 28.9 Å². The van der Waals surface area contributed by atoms with Gasteiger partial charge in [0.1, 0.15) is 8.96 Å². The standard InChI is InChI=1S/C7H19NSi2/c1-4-7(2)8-9-5-6-10(8)3/h7,10H,4-6,9H2,1-3H3. The summed E-state index contributed by atoms with van der Waals surface area (Å²) in [5, 5.41) is 0. The molecular formula is C7H19NSi2. The van der Waals surface area contributed by atoms with Gasteiger partial charge in [0.2, 0.25) is 0 Å². The lowest BCUT2D eigenvalue weighted by Crippen LogP contribution is -2.39. The summed E-state index contributed by atoms with van der Waals surface area (Å²) in [4.78, 5) is 0. The third-order valence-corrected chi connectivity index (χ3v) is 11.0. The van der Waals surface area contributed by atoms with Gasteiger partial charge in [0.25, 0.3) is 0 Å². The van der Waals surface area contributed by atoms with Crippen molar-refractivity contribution >= 4 is 18.6 Å². The lowest BCUT2D eigenvalue weighted by atomic mass is 10.3. The van der Waals surface area contributed by atoms with Gasteiger partial charge in [0, 0.05) is 0 Å². The van der Waals surface area contributed by atoms with Crippen LogP contribution in [0.4, 0.5) is 0 Å². The molecule has 0 aromatic heterocycles. The molecule has 1 saturated heterocycles. The number of hydrogen-bond acceptors (Lipinski definition) is 1. The molecule has 1 nitrogen and oxygen atoms in total. The van der Waals surface area contributed by atoms with Crippen LogP contribution in [0.5, 0.6) is 0 Å². The molecule has 0 bridgehead atoms. The minimum absolute atomic E-state index is 0.246. The van der Waals surface area contributed by atoms with E-state index < -0.39 is 0 Å². The van der Waals surface area contributed by atoms with Crippen molar-refractivity contribution < 1.29 is 0 Å². The monoisotopic (exact) mass is 173 g/mol. The fourth-order valence-electron chi connectivity index (χ4n) is 1.84. The Morgan fingerprint density at radius 3 is 2.80 bits per heavy atom. The lowest BCUT2D eigenvalue weighted by Gasteiger charge is -2.27. The summed E-state index contributed by atoms with van der Waals surface area (Å²) in [5.74, 6) is 0. The van der Waals surface area contributed by atoms with E-state index in [-0.39, 0.29) is 18.6 Å². The van der Waals surface area contributed by atoms with E-state index in [1.54, 1.807) is 12.1 Å². The van der Waals surface area contributed by atoms with Gasteiger partial charge in [0.15, 0.2) is 0 Å². The van der Waals surface area contributed by atoms with Gasteiger partial charge < -0.3 is 4.23 Å². The SMILES string of the molecule is CCC(C)N1[SiH2]CC[SiH]1C. The van der Waals surface area contributed by atoms with Crippen molar-refractivity contribution in [2.75, 3.05) is 0 Å². The van der Waals surface area contributed by atoms with Gasteiger partial charge in [-0.1, -0.05) is 26.4 Å². The van der Waals surface area contributed by atoms with Crippen LogP contribution in [0.2, 0.25) is 18.6 Å². The molecule has 60 valence electrons. The third-order valence-electron chi connectivity index (χ3n) is 2.76. The maximum absolute atomic E-state index is 2.90. The quantitative estimate of drug-likeness (QED) is 0.562. The smallest absolute Gasteiger partial charge is 0.101 e. The van der Waals surface area contributed by atoms with Crippen molar-refractivity contribution in [2.24, 2.45) is 0 Å². The molecule has 0 N–H and O–H groups in total. The molecule has 0 spiro atoms. The average molecular weight is 173 g/mol. The largest absolute Gasteiger partial charge is 0.350 e. The molecule has 0 aliphatic carbocycles. The first-order valence-corrected chi connectivity index (χ1v) is 8.63. The van der Waals surface area contributed by atoms with Crippen molar-refractivity contribution in [2.45, 2.75) is 44.9 Å². The van der Waals surface area contributed by atoms with Gasteiger partial charge in [-0.3, -0.25) is 0 Å². The van der Waals surface area contributed by atoms with Crippen LogP contribution in [0.25, 0.3) is 0 Å². The first-order chi connectivity index (χ1) is 4.75. The number of nitrogens with zero attached hydrogens (tertiary/aromatic N) is 1. The lowest BCUT2D eigenvalue weighted by molar-refractivity contribution is 0.492. The van der Waals surface area contributed by atoms with Crippen LogP contribution in [-0.2, 0) is 0 Å². The van der Waals surface area contributed by atoms with E-state index in [9.17, 15) is 0 Å². The van der Waals surface area contributed by atoms with E-state index in [4.69, 9.17) is 0 Å². The molecule has 0 amide bonds. The van der Waals surface area contributed by atoms with Crippen LogP contribution >= 0.6 is 0 Å². The molecule has 0 saturated carbocycles.